The number of nitrogens with one attached hydrogen (secondary N) is 1. The highest BCUT2D eigenvalue weighted by Gasteiger charge is 2.46. The van der Waals surface area contributed by atoms with E-state index < -0.39 is 38.1 Å². The molecule has 2 aromatic rings. The largest absolute Gasteiger partial charge is 0.437 e. The molecule has 0 bridgehead atoms. The van der Waals surface area contributed by atoms with Crippen LogP contribution in [0.1, 0.15) is 88.5 Å². The van der Waals surface area contributed by atoms with Crippen LogP contribution in [-0.2, 0) is 17.6 Å². The molecule has 2 aromatic carbocycles. The van der Waals surface area contributed by atoms with Crippen molar-refractivity contribution in [3.63, 3.8) is 0 Å². The second kappa shape index (κ2) is 24.5. The summed E-state index contributed by atoms with van der Waals surface area (Å²) in [4.78, 5) is 1.77. The molecule has 0 aliphatic carbocycles. The van der Waals surface area contributed by atoms with Gasteiger partial charge in [0, 0.05) is 18.2 Å². The number of benzene rings is 2. The van der Waals surface area contributed by atoms with Gasteiger partial charge in [0.25, 0.3) is 0 Å². The molecule has 9 nitrogen and oxygen atoms in total. The molecule has 1 aliphatic heterocycles. The van der Waals surface area contributed by atoms with Crippen LogP contribution in [-0.4, -0.2) is 99.7 Å². The minimum absolute atomic E-state index is 0.295. The summed E-state index contributed by atoms with van der Waals surface area (Å²) in [5, 5.41) is 58.4. The van der Waals surface area contributed by atoms with Crippen molar-refractivity contribution < 1.29 is 35.2 Å². The minimum Gasteiger partial charge on any atom is -0.437 e. The fraction of sp³-hybridized carbons (Fsp3) is 0.579. The van der Waals surface area contributed by atoms with Gasteiger partial charge < -0.3 is 40.4 Å². The van der Waals surface area contributed by atoms with E-state index in [2.05, 4.69) is 67.0 Å². The zero-order valence-corrected chi connectivity index (χ0v) is 30.7. The summed E-state index contributed by atoms with van der Waals surface area (Å²) in [6.45, 7) is 11.4. The first kappa shape index (κ1) is 44.4. The molecule has 1 saturated heterocycles. The number of rotatable bonds is 14. The van der Waals surface area contributed by atoms with Gasteiger partial charge in [-0.2, -0.15) is 0 Å². The van der Waals surface area contributed by atoms with E-state index in [4.69, 9.17) is 9.84 Å². The van der Waals surface area contributed by atoms with Gasteiger partial charge in [0.1, 0.15) is 17.9 Å². The molecular weight excluding hydrogens is 618 g/mol. The van der Waals surface area contributed by atoms with E-state index in [1.165, 1.54) is 56.5 Å². The number of aryl methyl sites for hydroxylation is 2. The third-order valence-electron chi connectivity index (χ3n) is 8.16. The summed E-state index contributed by atoms with van der Waals surface area (Å²) in [5.74, 6) is 11.5. The molecule has 0 amide bonds. The Morgan fingerprint density at radius 1 is 0.837 bits per heavy atom. The van der Waals surface area contributed by atoms with E-state index in [1.807, 2.05) is 38.1 Å². The second-order valence-electron chi connectivity index (χ2n) is 12.7. The number of unbranched alkanes of at least 4 members (excludes halogenated alkanes) is 4. The lowest BCUT2D eigenvalue weighted by Gasteiger charge is -2.35. The van der Waals surface area contributed by atoms with Gasteiger partial charge in [-0.05, 0) is 88.6 Å². The maximum absolute atomic E-state index is 10.5. The Hall–Kier alpha value is -2.67. The highest BCUT2D eigenvalue weighted by Crippen LogP contribution is 2.29. The molecule has 0 radical (unpaired) electrons. The molecule has 270 valence electrons. The van der Waals surface area contributed by atoms with Crippen LogP contribution in [0.3, 0.4) is 0 Å². The monoisotopic (exact) mass is 678 g/mol. The number of aliphatic hydroxyl groups excluding tert-OH is 4. The van der Waals surface area contributed by atoms with Crippen molar-refractivity contribution in [1.29, 1.82) is 0 Å². The van der Waals surface area contributed by atoms with Crippen molar-refractivity contribution in [3.05, 3.63) is 70.8 Å². The Balaban J connectivity index is 0.000000470. The van der Waals surface area contributed by atoms with E-state index >= 15 is 0 Å². The van der Waals surface area contributed by atoms with Crippen LogP contribution in [0.4, 0.5) is 0 Å². The molecule has 11 heteroatoms. The van der Waals surface area contributed by atoms with Crippen molar-refractivity contribution in [2.75, 3.05) is 20.3 Å². The van der Waals surface area contributed by atoms with Crippen molar-refractivity contribution in [2.24, 2.45) is 0 Å². The van der Waals surface area contributed by atoms with Crippen LogP contribution >= 0.6 is 0 Å². The zero-order chi connectivity index (χ0) is 36.8. The third-order valence-corrected chi connectivity index (χ3v) is 8.16. The van der Waals surface area contributed by atoms with Crippen molar-refractivity contribution in [2.45, 2.75) is 123 Å². The van der Waals surface area contributed by atoms with Crippen LogP contribution in [0.15, 0.2) is 48.5 Å². The van der Waals surface area contributed by atoms with Crippen molar-refractivity contribution >= 4 is 14.1 Å². The van der Waals surface area contributed by atoms with Crippen LogP contribution in [0.2, 0.25) is 13.6 Å². The van der Waals surface area contributed by atoms with Crippen LogP contribution in [0.25, 0.3) is 0 Å². The molecule has 1 heterocycles. The van der Waals surface area contributed by atoms with Crippen LogP contribution in [0.5, 0.6) is 0 Å². The van der Waals surface area contributed by atoms with Crippen molar-refractivity contribution in [3.8, 4) is 23.7 Å². The molecular formula is C38H60B2N2O7. The molecule has 49 heavy (non-hydrogen) atoms. The van der Waals surface area contributed by atoms with E-state index in [9.17, 15) is 25.4 Å². The maximum atomic E-state index is 10.5. The normalized spacial score (nSPS) is 16.6. The highest BCUT2D eigenvalue weighted by atomic mass is 16.5. The quantitative estimate of drug-likeness (QED) is 0.0908. The first-order valence-electron chi connectivity index (χ1n) is 17.6. The molecule has 1 unspecified atom stereocenters. The average Bonchev–Trinajstić information content (AvgIpc) is 3.42. The van der Waals surface area contributed by atoms with Gasteiger partial charge in [0.15, 0.2) is 0 Å². The van der Waals surface area contributed by atoms with E-state index in [0.29, 0.717) is 6.61 Å². The van der Waals surface area contributed by atoms with Gasteiger partial charge in [-0.3, -0.25) is 4.81 Å². The molecule has 7 N–H and O–H groups in total. The molecule has 1 fully saturated rings. The average molecular weight is 679 g/mol. The molecule has 3 rings (SSSR count). The van der Waals surface area contributed by atoms with Gasteiger partial charge in [-0.15, -0.1) is 0 Å². The Bertz CT molecular complexity index is 1290. The zero-order valence-electron chi connectivity index (χ0n) is 30.7. The number of hydrogen-bond donors (Lipinski definition) is 7. The van der Waals surface area contributed by atoms with Gasteiger partial charge in [0.05, 0.1) is 25.3 Å². The summed E-state index contributed by atoms with van der Waals surface area (Å²) in [5.41, 5.74) is 3.73. The molecule has 0 spiro atoms. The lowest BCUT2D eigenvalue weighted by Crippen LogP contribution is -2.55. The maximum Gasteiger partial charge on any atom is 0.379 e. The summed E-state index contributed by atoms with van der Waals surface area (Å²) in [7, 11) is -0.516. The number of hydrogen-bond acceptors (Lipinski definition) is 9. The lowest BCUT2D eigenvalue weighted by molar-refractivity contribution is -0.0248. The van der Waals surface area contributed by atoms with Gasteiger partial charge in [0.2, 0.25) is 0 Å². The first-order chi connectivity index (χ1) is 23.4. The SMILES string of the molecule is CCCCCc1ccc(C#C[C@H](O)C(CO)NB(C)O)cc1.CCCCCc1ccc(C#C[C@H](O)[C@H]2COC(C)(C)N2B(C)O)cc1.CO. The summed E-state index contributed by atoms with van der Waals surface area (Å²) in [6.07, 6.45) is 7.62. The van der Waals surface area contributed by atoms with E-state index in [1.54, 1.807) is 11.6 Å². The summed E-state index contributed by atoms with van der Waals surface area (Å²) < 4.78 is 5.70. The lowest BCUT2D eigenvalue weighted by atomic mass is 9.80. The number of nitrogens with zero attached hydrogens (tertiary/aromatic N) is 1. The van der Waals surface area contributed by atoms with Crippen molar-refractivity contribution in [1.82, 2.24) is 10.0 Å². The predicted molar refractivity (Wildman–Crippen MR) is 201 cm³/mol. The Kier molecular flexibility index (Phi) is 22.2. The third kappa shape index (κ3) is 16.7. The van der Waals surface area contributed by atoms with Crippen LogP contribution in [0, 0.1) is 23.7 Å². The van der Waals surface area contributed by atoms with Gasteiger partial charge >= 0.3 is 14.1 Å². The standard InChI is InChI=1S/C20H30BNO3.C17H26BNO3.CH4O/c1-5-6-7-8-16-9-11-17(12-10-16)13-14-19(23)18-15-25-20(2,3)22(18)21(4)24;1-3-4-5-6-14-7-9-15(10-8-14)11-12-17(21)16(13-20)19-18(2)22;1-2/h9-12,18-19,23-24H,5-8,15H2,1-4H3;7-10,16-17,19-22H,3-6,13H2,1-2H3;2H,1H3/t18-,19+;16?,17-;/m10./s1. The predicted octanol–water partition coefficient (Wildman–Crippen LogP) is 3.48. The number of aliphatic hydroxyl groups is 4. The highest BCUT2D eigenvalue weighted by molar-refractivity contribution is 6.46. The summed E-state index contributed by atoms with van der Waals surface area (Å²) in [6, 6.07) is 15.2. The first-order valence-corrected chi connectivity index (χ1v) is 17.6. The van der Waals surface area contributed by atoms with Gasteiger partial charge in [-0.1, -0.05) is 87.5 Å². The fourth-order valence-electron chi connectivity index (χ4n) is 5.55. The topological polar surface area (TPSA) is 146 Å². The van der Waals surface area contributed by atoms with E-state index in [0.717, 1.165) is 31.1 Å². The summed E-state index contributed by atoms with van der Waals surface area (Å²) >= 11 is 0. The second-order valence-corrected chi connectivity index (χ2v) is 12.7. The molecule has 1 aliphatic rings. The van der Waals surface area contributed by atoms with E-state index in [-0.39, 0.29) is 12.6 Å². The smallest absolute Gasteiger partial charge is 0.379 e. The fourth-order valence-corrected chi connectivity index (χ4v) is 5.55. The van der Waals surface area contributed by atoms with Crippen LogP contribution < -0.4 is 5.23 Å². The van der Waals surface area contributed by atoms with Gasteiger partial charge in [-0.25, -0.2) is 0 Å². The molecule has 4 atom stereocenters. The molecule has 0 aromatic heterocycles. The number of ether oxygens (including phenoxy) is 1. The Morgan fingerprint density at radius 3 is 1.71 bits per heavy atom. The minimum atomic E-state index is -1.04. The Labute approximate surface area is 296 Å². The molecule has 0 saturated carbocycles. The Morgan fingerprint density at radius 2 is 1.31 bits per heavy atom.